The van der Waals surface area contributed by atoms with E-state index in [0.717, 1.165) is 0 Å². The van der Waals surface area contributed by atoms with Crippen LogP contribution in [0.25, 0.3) is 0 Å². The van der Waals surface area contributed by atoms with Gasteiger partial charge in [-0.05, 0) is 13.8 Å². The maximum atomic E-state index is 8.75. The molecule has 0 aromatic rings. The van der Waals surface area contributed by atoms with E-state index in [1.54, 1.807) is 6.92 Å². The predicted octanol–water partition coefficient (Wildman–Crippen LogP) is -0.662. The molecule has 0 rings (SSSR count). The molecule has 9 heavy (non-hydrogen) atoms. The molecule has 0 amide bonds. The zero-order chi connectivity index (χ0) is 7.28. The van der Waals surface area contributed by atoms with E-state index in [1.165, 1.54) is 0 Å². The van der Waals surface area contributed by atoms with Crippen LogP contribution in [0.3, 0.4) is 0 Å². The number of hydrogen-bond donors (Lipinski definition) is 3. The quantitative estimate of drug-likeness (QED) is 0.477. The Morgan fingerprint density at radius 1 is 1.44 bits per heavy atom. The Labute approximate surface area is 55.7 Å². The SMILES string of the molecule is CC(O)CNC(C)CO. The summed E-state index contributed by atoms with van der Waals surface area (Å²) in [6, 6.07) is 0.0830. The van der Waals surface area contributed by atoms with Crippen molar-refractivity contribution in [3.63, 3.8) is 0 Å². The van der Waals surface area contributed by atoms with Gasteiger partial charge in [-0.1, -0.05) is 0 Å². The summed E-state index contributed by atoms with van der Waals surface area (Å²) >= 11 is 0. The second-order valence-electron chi connectivity index (χ2n) is 2.34. The van der Waals surface area contributed by atoms with Crippen molar-refractivity contribution in [2.75, 3.05) is 13.2 Å². The van der Waals surface area contributed by atoms with Gasteiger partial charge in [0.05, 0.1) is 12.7 Å². The molecule has 0 saturated carbocycles. The molecule has 2 atom stereocenters. The lowest BCUT2D eigenvalue weighted by Crippen LogP contribution is -2.34. The van der Waals surface area contributed by atoms with Crippen molar-refractivity contribution in [2.45, 2.75) is 26.0 Å². The smallest absolute Gasteiger partial charge is 0.0636 e. The van der Waals surface area contributed by atoms with Crippen LogP contribution in [-0.2, 0) is 0 Å². The van der Waals surface area contributed by atoms with Gasteiger partial charge in [0.2, 0.25) is 0 Å². The number of rotatable bonds is 4. The van der Waals surface area contributed by atoms with Crippen molar-refractivity contribution in [3.05, 3.63) is 0 Å². The molecule has 0 saturated heterocycles. The highest BCUT2D eigenvalue weighted by atomic mass is 16.3. The second kappa shape index (κ2) is 4.73. The summed E-state index contributed by atoms with van der Waals surface area (Å²) in [6.45, 7) is 4.23. The van der Waals surface area contributed by atoms with Gasteiger partial charge in [0.25, 0.3) is 0 Å². The van der Waals surface area contributed by atoms with Crippen LogP contribution in [0, 0.1) is 0 Å². The van der Waals surface area contributed by atoms with Crippen molar-refractivity contribution >= 4 is 0 Å². The molecule has 0 spiro atoms. The van der Waals surface area contributed by atoms with Crippen LogP contribution in [0.1, 0.15) is 13.8 Å². The minimum atomic E-state index is -0.334. The fraction of sp³-hybridized carbons (Fsp3) is 1.00. The lowest BCUT2D eigenvalue weighted by atomic mass is 10.3. The van der Waals surface area contributed by atoms with Gasteiger partial charge in [0.1, 0.15) is 0 Å². The molecular formula is C6H15NO2. The van der Waals surface area contributed by atoms with Crippen LogP contribution in [0.5, 0.6) is 0 Å². The van der Waals surface area contributed by atoms with Gasteiger partial charge in [-0.25, -0.2) is 0 Å². The highest BCUT2D eigenvalue weighted by Crippen LogP contribution is 1.80. The van der Waals surface area contributed by atoms with Crippen molar-refractivity contribution in [3.8, 4) is 0 Å². The van der Waals surface area contributed by atoms with E-state index < -0.39 is 0 Å². The molecule has 0 heterocycles. The number of aliphatic hydroxyl groups excluding tert-OH is 2. The summed E-state index contributed by atoms with van der Waals surface area (Å²) < 4.78 is 0. The summed E-state index contributed by atoms with van der Waals surface area (Å²) in [5.41, 5.74) is 0. The molecular weight excluding hydrogens is 118 g/mol. The molecule has 0 aromatic heterocycles. The first-order chi connectivity index (χ1) is 4.16. The Kier molecular flexibility index (Phi) is 4.67. The zero-order valence-electron chi connectivity index (χ0n) is 5.96. The lowest BCUT2D eigenvalue weighted by molar-refractivity contribution is 0.175. The highest BCUT2D eigenvalue weighted by Gasteiger charge is 1.99. The van der Waals surface area contributed by atoms with Crippen molar-refractivity contribution in [2.24, 2.45) is 0 Å². The maximum absolute atomic E-state index is 8.75. The monoisotopic (exact) mass is 133 g/mol. The van der Waals surface area contributed by atoms with Crippen molar-refractivity contribution < 1.29 is 10.2 Å². The molecule has 0 aromatic carbocycles. The second-order valence-corrected chi connectivity index (χ2v) is 2.34. The summed E-state index contributed by atoms with van der Waals surface area (Å²) in [7, 11) is 0. The van der Waals surface area contributed by atoms with Crippen molar-refractivity contribution in [1.82, 2.24) is 5.32 Å². The molecule has 0 aliphatic carbocycles. The molecule has 0 aliphatic rings. The summed E-state index contributed by atoms with van der Waals surface area (Å²) in [6.07, 6.45) is -0.334. The summed E-state index contributed by atoms with van der Waals surface area (Å²) in [5, 5.41) is 20.2. The largest absolute Gasteiger partial charge is 0.395 e. The van der Waals surface area contributed by atoms with Gasteiger partial charge in [-0.15, -0.1) is 0 Å². The Bertz CT molecular complexity index is 66.1. The molecule has 3 heteroatoms. The molecule has 0 fully saturated rings. The lowest BCUT2D eigenvalue weighted by Gasteiger charge is -2.11. The molecule has 0 aliphatic heterocycles. The van der Waals surface area contributed by atoms with Gasteiger partial charge >= 0.3 is 0 Å². The van der Waals surface area contributed by atoms with E-state index in [0.29, 0.717) is 6.54 Å². The normalized spacial score (nSPS) is 17.3. The van der Waals surface area contributed by atoms with Gasteiger partial charge in [0.15, 0.2) is 0 Å². The van der Waals surface area contributed by atoms with Crippen LogP contribution in [0.15, 0.2) is 0 Å². The Morgan fingerprint density at radius 3 is 2.33 bits per heavy atom. The standard InChI is InChI=1S/C6H15NO2/c1-5(4-8)7-3-6(2)9/h5-9H,3-4H2,1-2H3. The van der Waals surface area contributed by atoms with E-state index in [4.69, 9.17) is 10.2 Å². The number of aliphatic hydroxyl groups is 2. The topological polar surface area (TPSA) is 52.5 Å². The van der Waals surface area contributed by atoms with Crippen LogP contribution >= 0.6 is 0 Å². The minimum absolute atomic E-state index is 0.0830. The summed E-state index contributed by atoms with van der Waals surface area (Å²) in [4.78, 5) is 0. The average molecular weight is 133 g/mol. The molecule has 2 unspecified atom stereocenters. The van der Waals surface area contributed by atoms with Crippen LogP contribution < -0.4 is 5.32 Å². The predicted molar refractivity (Wildman–Crippen MR) is 36.2 cm³/mol. The van der Waals surface area contributed by atoms with E-state index >= 15 is 0 Å². The van der Waals surface area contributed by atoms with Gasteiger partial charge < -0.3 is 15.5 Å². The first-order valence-electron chi connectivity index (χ1n) is 3.19. The van der Waals surface area contributed by atoms with Crippen LogP contribution in [0.4, 0.5) is 0 Å². The van der Waals surface area contributed by atoms with Crippen LogP contribution in [0.2, 0.25) is 0 Å². The number of nitrogens with one attached hydrogen (secondary N) is 1. The third-order valence-corrected chi connectivity index (χ3v) is 1.04. The molecule has 0 bridgehead atoms. The summed E-state index contributed by atoms with van der Waals surface area (Å²) in [5.74, 6) is 0. The molecule has 0 radical (unpaired) electrons. The van der Waals surface area contributed by atoms with E-state index in [2.05, 4.69) is 5.32 Å². The third-order valence-electron chi connectivity index (χ3n) is 1.04. The van der Waals surface area contributed by atoms with Gasteiger partial charge in [-0.2, -0.15) is 0 Å². The molecule has 3 N–H and O–H groups in total. The first-order valence-corrected chi connectivity index (χ1v) is 3.19. The zero-order valence-corrected chi connectivity index (χ0v) is 5.96. The molecule has 56 valence electrons. The van der Waals surface area contributed by atoms with E-state index in [9.17, 15) is 0 Å². The maximum Gasteiger partial charge on any atom is 0.0636 e. The van der Waals surface area contributed by atoms with Gasteiger partial charge in [-0.3, -0.25) is 0 Å². The van der Waals surface area contributed by atoms with Crippen LogP contribution in [-0.4, -0.2) is 35.5 Å². The Hall–Kier alpha value is -0.120. The first kappa shape index (κ1) is 8.88. The third kappa shape index (κ3) is 5.76. The Morgan fingerprint density at radius 2 is 2.00 bits per heavy atom. The van der Waals surface area contributed by atoms with Crippen molar-refractivity contribution in [1.29, 1.82) is 0 Å². The Balaban J connectivity index is 3.06. The highest BCUT2D eigenvalue weighted by molar-refractivity contribution is 4.59. The minimum Gasteiger partial charge on any atom is -0.395 e. The number of hydrogen-bond acceptors (Lipinski definition) is 3. The van der Waals surface area contributed by atoms with E-state index in [1.807, 2.05) is 6.92 Å². The van der Waals surface area contributed by atoms with E-state index in [-0.39, 0.29) is 18.8 Å². The fourth-order valence-corrected chi connectivity index (χ4v) is 0.436. The van der Waals surface area contributed by atoms with Gasteiger partial charge in [0, 0.05) is 12.6 Å². The molecule has 3 nitrogen and oxygen atoms in total. The average Bonchev–Trinajstić information content (AvgIpc) is 1.83. The fourth-order valence-electron chi connectivity index (χ4n) is 0.436.